The number of aromatic nitrogens is 1. The maximum atomic E-state index is 12.8. The van der Waals surface area contributed by atoms with Gasteiger partial charge in [0.2, 0.25) is 0 Å². The van der Waals surface area contributed by atoms with E-state index < -0.39 is 22.2 Å². The Balaban J connectivity index is 1.53. The van der Waals surface area contributed by atoms with Crippen LogP contribution < -0.4 is 0 Å². The Labute approximate surface area is 241 Å². The lowest BCUT2D eigenvalue weighted by atomic mass is 10.0. The molecule has 212 valence electrons. The van der Waals surface area contributed by atoms with E-state index in [-0.39, 0.29) is 0 Å². The van der Waals surface area contributed by atoms with E-state index in [0.717, 1.165) is 60.9 Å². The van der Waals surface area contributed by atoms with Gasteiger partial charge in [-0.25, -0.2) is 0 Å². The summed E-state index contributed by atoms with van der Waals surface area (Å²) >= 11 is 0. The summed E-state index contributed by atoms with van der Waals surface area (Å²) in [5, 5.41) is 2.12. The average molecular weight is 586 g/mol. The zero-order valence-electron chi connectivity index (χ0n) is 22.8. The molecule has 0 unspecified atom stereocenters. The highest BCUT2D eigenvalue weighted by molar-refractivity contribution is 7.87. The molecule has 5 aromatic carbocycles. The molecule has 42 heavy (non-hydrogen) atoms. The lowest BCUT2D eigenvalue weighted by Gasteiger charge is -2.17. The maximum Gasteiger partial charge on any atom is 0.523 e. The molecule has 0 bridgehead atoms. The molecule has 6 aromatic rings. The van der Waals surface area contributed by atoms with E-state index in [9.17, 15) is 21.6 Å². The highest BCUT2D eigenvalue weighted by Gasteiger charge is 2.47. The monoisotopic (exact) mass is 585 g/mol. The number of rotatable bonds is 6. The van der Waals surface area contributed by atoms with Gasteiger partial charge in [-0.3, -0.25) is 4.18 Å². The van der Waals surface area contributed by atoms with Crippen LogP contribution in [0.4, 0.5) is 13.2 Å². The molecule has 0 N–H and O–H groups in total. The molecule has 0 saturated carbocycles. The van der Waals surface area contributed by atoms with E-state index in [1.54, 1.807) is 12.1 Å². The van der Waals surface area contributed by atoms with Crippen LogP contribution in [0, 0.1) is 13.8 Å². The third-order valence-electron chi connectivity index (χ3n) is 7.42. The first-order valence-corrected chi connectivity index (χ1v) is 14.7. The second kappa shape index (κ2) is 10.5. The number of hydrogen-bond acceptors (Lipinski definition) is 3. The van der Waals surface area contributed by atoms with Crippen molar-refractivity contribution >= 4 is 31.9 Å². The topological polar surface area (TPSA) is 48.3 Å². The van der Waals surface area contributed by atoms with Gasteiger partial charge in [0.25, 0.3) is 0 Å². The standard InChI is InChI=1S/C34H26F3NO3S/c1-22-17-24(21-41-42(39,40)34(35,36)37)18-23(2)33(22)38-31-15-13-27(25-9-5-3-6-10-25)19-29(31)30-20-28(14-16-32(30)38)26-11-7-4-8-12-26/h3-20H,21H2,1-2H3. The Bertz CT molecular complexity index is 1930. The normalized spacial score (nSPS) is 12.3. The van der Waals surface area contributed by atoms with Gasteiger partial charge in [0, 0.05) is 10.8 Å². The highest BCUT2D eigenvalue weighted by atomic mass is 32.2. The molecule has 0 amide bonds. The first-order valence-electron chi connectivity index (χ1n) is 13.3. The minimum absolute atomic E-state index is 0.333. The molecule has 0 saturated heterocycles. The van der Waals surface area contributed by atoms with E-state index >= 15 is 0 Å². The molecule has 0 aliphatic heterocycles. The van der Waals surface area contributed by atoms with Crippen LogP contribution in [-0.4, -0.2) is 18.5 Å². The Hall–Kier alpha value is -4.40. The molecule has 0 atom stereocenters. The van der Waals surface area contributed by atoms with E-state index in [2.05, 4.69) is 69.4 Å². The number of halogens is 3. The molecule has 0 aliphatic carbocycles. The minimum Gasteiger partial charge on any atom is -0.309 e. The van der Waals surface area contributed by atoms with Gasteiger partial charge >= 0.3 is 15.6 Å². The van der Waals surface area contributed by atoms with Gasteiger partial charge in [-0.05, 0) is 77.1 Å². The van der Waals surface area contributed by atoms with Crippen molar-refractivity contribution in [3.8, 4) is 27.9 Å². The molecule has 0 spiro atoms. The van der Waals surface area contributed by atoms with E-state index in [4.69, 9.17) is 0 Å². The molecule has 4 nitrogen and oxygen atoms in total. The fourth-order valence-electron chi connectivity index (χ4n) is 5.58. The second-order valence-electron chi connectivity index (χ2n) is 10.3. The third kappa shape index (κ3) is 4.97. The van der Waals surface area contributed by atoms with Gasteiger partial charge in [-0.2, -0.15) is 21.6 Å². The van der Waals surface area contributed by atoms with Crippen molar-refractivity contribution < 1.29 is 25.8 Å². The van der Waals surface area contributed by atoms with Gasteiger partial charge in [0.15, 0.2) is 0 Å². The van der Waals surface area contributed by atoms with E-state index in [1.807, 2.05) is 50.2 Å². The smallest absolute Gasteiger partial charge is 0.309 e. The summed E-state index contributed by atoms with van der Waals surface area (Å²) in [6, 6.07) is 36.4. The van der Waals surface area contributed by atoms with Crippen molar-refractivity contribution in [1.29, 1.82) is 0 Å². The van der Waals surface area contributed by atoms with Crippen molar-refractivity contribution in [2.45, 2.75) is 26.0 Å². The summed E-state index contributed by atoms with van der Waals surface area (Å²) in [6.45, 7) is 3.01. The molecule has 0 radical (unpaired) electrons. The van der Waals surface area contributed by atoms with Crippen LogP contribution in [0.15, 0.2) is 109 Å². The molecule has 0 aliphatic rings. The summed E-state index contributed by atoms with van der Waals surface area (Å²) in [4.78, 5) is 0. The van der Waals surface area contributed by atoms with Crippen molar-refractivity contribution in [1.82, 2.24) is 4.57 Å². The number of nitrogens with zero attached hydrogens (tertiary/aromatic N) is 1. The van der Waals surface area contributed by atoms with Gasteiger partial charge in [0.05, 0.1) is 23.3 Å². The zero-order chi connectivity index (χ0) is 29.6. The SMILES string of the molecule is Cc1cc(COS(=O)(=O)C(F)(F)F)cc(C)c1-n1c2ccc(-c3ccccc3)cc2c2cc(-c3ccccc3)ccc21. The maximum absolute atomic E-state index is 12.8. The number of benzene rings is 5. The second-order valence-corrected chi connectivity index (χ2v) is 11.9. The summed E-state index contributed by atoms with van der Waals surface area (Å²) in [6.07, 6.45) is 0. The Morgan fingerprint density at radius 2 is 1.10 bits per heavy atom. The summed E-state index contributed by atoms with van der Waals surface area (Å²) in [7, 11) is -5.69. The van der Waals surface area contributed by atoms with Gasteiger partial charge < -0.3 is 4.57 Å². The van der Waals surface area contributed by atoms with Crippen molar-refractivity contribution in [3.63, 3.8) is 0 Å². The molecular formula is C34H26F3NO3S. The van der Waals surface area contributed by atoms with Crippen LogP contribution in [0.3, 0.4) is 0 Å². The first-order chi connectivity index (χ1) is 20.0. The minimum atomic E-state index is -5.69. The predicted octanol–water partition coefficient (Wildman–Crippen LogP) is 9.10. The van der Waals surface area contributed by atoms with Crippen LogP contribution in [0.1, 0.15) is 16.7 Å². The largest absolute Gasteiger partial charge is 0.523 e. The number of alkyl halides is 3. The van der Waals surface area contributed by atoms with Crippen LogP contribution in [0.25, 0.3) is 49.7 Å². The molecular weight excluding hydrogens is 559 g/mol. The van der Waals surface area contributed by atoms with E-state index in [0.29, 0.717) is 5.56 Å². The van der Waals surface area contributed by atoms with Crippen LogP contribution >= 0.6 is 0 Å². The fraction of sp³-hybridized carbons (Fsp3) is 0.118. The molecule has 8 heteroatoms. The number of aryl methyl sites for hydroxylation is 2. The number of fused-ring (bicyclic) bond motifs is 3. The van der Waals surface area contributed by atoms with Crippen LogP contribution in [-0.2, 0) is 20.9 Å². The van der Waals surface area contributed by atoms with Crippen LogP contribution in [0.5, 0.6) is 0 Å². The van der Waals surface area contributed by atoms with Gasteiger partial charge in [-0.1, -0.05) is 84.9 Å². The predicted molar refractivity (Wildman–Crippen MR) is 161 cm³/mol. The Morgan fingerprint density at radius 1 is 0.643 bits per heavy atom. The molecule has 6 rings (SSSR count). The third-order valence-corrected chi connectivity index (χ3v) is 8.41. The quantitative estimate of drug-likeness (QED) is 0.145. The summed E-state index contributed by atoms with van der Waals surface area (Å²) in [5.41, 5.74) is 3.60. The average Bonchev–Trinajstić information content (AvgIpc) is 3.29. The summed E-state index contributed by atoms with van der Waals surface area (Å²) in [5.74, 6) is 0. The first kappa shape index (κ1) is 27.8. The molecule has 1 aromatic heterocycles. The lowest BCUT2D eigenvalue weighted by molar-refractivity contribution is -0.0547. The Morgan fingerprint density at radius 3 is 1.52 bits per heavy atom. The van der Waals surface area contributed by atoms with Gasteiger partial charge in [-0.15, -0.1) is 0 Å². The van der Waals surface area contributed by atoms with Crippen LogP contribution in [0.2, 0.25) is 0 Å². The molecule has 0 fully saturated rings. The lowest BCUT2D eigenvalue weighted by Crippen LogP contribution is -2.25. The Kier molecular flexibility index (Phi) is 6.91. The molecule has 1 heterocycles. The van der Waals surface area contributed by atoms with Gasteiger partial charge in [0.1, 0.15) is 0 Å². The number of hydrogen-bond donors (Lipinski definition) is 0. The zero-order valence-corrected chi connectivity index (χ0v) is 23.6. The van der Waals surface area contributed by atoms with Crippen molar-refractivity contribution in [2.24, 2.45) is 0 Å². The van der Waals surface area contributed by atoms with E-state index in [1.165, 1.54) is 0 Å². The fourth-order valence-corrected chi connectivity index (χ4v) is 6.00. The highest BCUT2D eigenvalue weighted by Crippen LogP contribution is 2.39. The summed E-state index contributed by atoms with van der Waals surface area (Å²) < 4.78 is 67.8. The van der Waals surface area contributed by atoms with Crippen molar-refractivity contribution in [2.75, 3.05) is 0 Å². The van der Waals surface area contributed by atoms with Crippen molar-refractivity contribution in [3.05, 3.63) is 126 Å².